The Kier molecular flexibility index (Phi) is 9.43. The molecule has 7 nitrogen and oxygen atoms in total. The molecule has 0 fully saturated rings. The largest absolute Gasteiger partial charge is 0.384 e. The van der Waals surface area contributed by atoms with E-state index < -0.39 is 14.6 Å². The minimum Gasteiger partial charge on any atom is -0.384 e. The Labute approximate surface area is 198 Å². The molecule has 0 spiro atoms. The van der Waals surface area contributed by atoms with Crippen molar-refractivity contribution in [3.05, 3.63) is 41.6 Å². The number of aryl methyl sites for hydroxylation is 1. The number of nitrogens with zero attached hydrogens (tertiary/aromatic N) is 2. The Morgan fingerprint density at radius 3 is 2.36 bits per heavy atom. The molecule has 0 radical (unpaired) electrons. The summed E-state index contributed by atoms with van der Waals surface area (Å²) in [6, 6.07) is 9.23. The zero-order valence-corrected chi connectivity index (χ0v) is 21.6. The second kappa shape index (κ2) is 11.6. The number of aromatic amines is 1. The van der Waals surface area contributed by atoms with E-state index in [4.69, 9.17) is 10.5 Å². The first-order valence-electron chi connectivity index (χ1n) is 11.6. The fraction of sp³-hybridized carbons (Fsp3) is 0.520. The summed E-state index contributed by atoms with van der Waals surface area (Å²) >= 11 is 0. The molecule has 3 N–H and O–H groups in total. The van der Waals surface area contributed by atoms with Gasteiger partial charge in [-0.05, 0) is 69.5 Å². The molecule has 3 aromatic heterocycles. The average Bonchev–Trinajstić information content (AvgIpc) is 3.15. The summed E-state index contributed by atoms with van der Waals surface area (Å²) in [4.78, 5) is 12.4. The van der Waals surface area contributed by atoms with Crippen molar-refractivity contribution in [3.63, 3.8) is 0 Å². The molecule has 0 amide bonds. The highest BCUT2D eigenvalue weighted by Crippen LogP contribution is 2.32. The van der Waals surface area contributed by atoms with Gasteiger partial charge in [-0.15, -0.1) is 0 Å². The van der Waals surface area contributed by atoms with Crippen LogP contribution in [0.5, 0.6) is 0 Å². The highest BCUT2D eigenvalue weighted by molar-refractivity contribution is 7.91. The predicted octanol–water partition coefficient (Wildman–Crippen LogP) is 5.26. The van der Waals surface area contributed by atoms with Crippen molar-refractivity contribution < 1.29 is 13.2 Å². The molecule has 8 heteroatoms. The maximum absolute atomic E-state index is 12.2. The van der Waals surface area contributed by atoms with Crippen molar-refractivity contribution in [1.82, 2.24) is 15.0 Å². The van der Waals surface area contributed by atoms with Crippen molar-refractivity contribution in [1.29, 1.82) is 0 Å². The quantitative estimate of drug-likeness (QED) is 0.409. The molecule has 0 aliphatic heterocycles. The van der Waals surface area contributed by atoms with Crippen molar-refractivity contribution in [3.8, 4) is 11.4 Å². The van der Waals surface area contributed by atoms with E-state index in [0.717, 1.165) is 42.8 Å². The van der Waals surface area contributed by atoms with Crippen LogP contribution in [-0.2, 0) is 25.7 Å². The topological polar surface area (TPSA) is 111 Å². The minimum absolute atomic E-state index is 0.275. The zero-order valence-electron chi connectivity index (χ0n) is 20.7. The number of H-pyrrole nitrogens is 1. The molecular formula is C25H38N4O3S. The number of ether oxygens (including phenoxy) is 1. The van der Waals surface area contributed by atoms with E-state index in [9.17, 15) is 8.42 Å². The molecule has 0 bridgehead atoms. The third kappa shape index (κ3) is 7.01. The molecule has 0 unspecified atom stereocenters. The smallest absolute Gasteiger partial charge is 0.156 e. The number of fused-ring (bicyclic) bond motifs is 1. The number of hydrogen-bond donors (Lipinski definition) is 2. The Hall–Kier alpha value is -2.45. The summed E-state index contributed by atoms with van der Waals surface area (Å²) in [5.74, 6) is 0.275. The number of nitrogens with two attached hydrogens (primary N) is 1. The first-order chi connectivity index (χ1) is 15.5. The Morgan fingerprint density at radius 1 is 1.03 bits per heavy atom. The molecule has 182 valence electrons. The SMILES string of the molecule is CCCCOCC.CCCc1cc2nc(-c3cc(C(C)(C)S(C)(=O)=O)cc(N)n3)ccc2[nH]1. The van der Waals surface area contributed by atoms with Gasteiger partial charge in [-0.25, -0.2) is 18.4 Å². The van der Waals surface area contributed by atoms with E-state index >= 15 is 0 Å². The summed E-state index contributed by atoms with van der Waals surface area (Å²) in [6.07, 6.45) is 5.69. The maximum Gasteiger partial charge on any atom is 0.156 e. The summed E-state index contributed by atoms with van der Waals surface area (Å²) < 4.78 is 28.4. The van der Waals surface area contributed by atoms with Gasteiger partial charge in [0.05, 0.1) is 27.2 Å². The van der Waals surface area contributed by atoms with Crippen LogP contribution in [0.25, 0.3) is 22.4 Å². The molecule has 0 aliphatic carbocycles. The number of rotatable bonds is 9. The molecular weight excluding hydrogens is 436 g/mol. The molecule has 3 rings (SSSR count). The van der Waals surface area contributed by atoms with Crippen LogP contribution in [0.4, 0.5) is 5.82 Å². The van der Waals surface area contributed by atoms with Crippen molar-refractivity contribution in [2.75, 3.05) is 25.2 Å². The van der Waals surface area contributed by atoms with E-state index in [1.165, 1.54) is 19.1 Å². The van der Waals surface area contributed by atoms with Crippen LogP contribution in [0.2, 0.25) is 0 Å². The van der Waals surface area contributed by atoms with E-state index in [0.29, 0.717) is 17.0 Å². The lowest BCUT2D eigenvalue weighted by atomic mass is 10.0. The second-order valence-corrected chi connectivity index (χ2v) is 11.2. The summed E-state index contributed by atoms with van der Waals surface area (Å²) in [6.45, 7) is 11.5. The normalized spacial score (nSPS) is 11.9. The van der Waals surface area contributed by atoms with E-state index in [1.807, 2.05) is 25.1 Å². The van der Waals surface area contributed by atoms with Crippen LogP contribution in [0.3, 0.4) is 0 Å². The van der Waals surface area contributed by atoms with Crippen LogP contribution in [0.15, 0.2) is 30.3 Å². The van der Waals surface area contributed by atoms with Crippen molar-refractivity contribution in [2.24, 2.45) is 0 Å². The van der Waals surface area contributed by atoms with Crippen LogP contribution < -0.4 is 5.73 Å². The number of pyridine rings is 2. The third-order valence-corrected chi connectivity index (χ3v) is 7.72. The molecule has 3 aromatic rings. The van der Waals surface area contributed by atoms with E-state index in [-0.39, 0.29) is 5.82 Å². The Morgan fingerprint density at radius 2 is 1.76 bits per heavy atom. The number of nitrogen functional groups attached to an aromatic ring is 1. The fourth-order valence-electron chi connectivity index (χ4n) is 3.25. The molecule has 0 atom stereocenters. The van der Waals surface area contributed by atoms with Gasteiger partial charge in [0, 0.05) is 25.2 Å². The first-order valence-corrected chi connectivity index (χ1v) is 13.5. The number of hydrogen-bond acceptors (Lipinski definition) is 6. The van der Waals surface area contributed by atoms with Crippen molar-refractivity contribution in [2.45, 2.75) is 65.0 Å². The minimum atomic E-state index is -3.32. The maximum atomic E-state index is 12.2. The van der Waals surface area contributed by atoms with Crippen LogP contribution in [0.1, 0.15) is 65.1 Å². The highest BCUT2D eigenvalue weighted by Gasteiger charge is 2.33. The number of nitrogens with one attached hydrogen (secondary N) is 1. The first kappa shape index (κ1) is 26.8. The van der Waals surface area contributed by atoms with E-state index in [1.54, 1.807) is 26.0 Å². The Balaban J connectivity index is 0.000000479. The number of sulfone groups is 1. The molecule has 0 saturated heterocycles. The summed E-state index contributed by atoms with van der Waals surface area (Å²) in [5.41, 5.74) is 10.8. The van der Waals surface area contributed by atoms with Gasteiger partial charge in [0.25, 0.3) is 0 Å². The van der Waals surface area contributed by atoms with Gasteiger partial charge in [-0.3, -0.25) is 0 Å². The van der Waals surface area contributed by atoms with Crippen LogP contribution >= 0.6 is 0 Å². The van der Waals surface area contributed by atoms with Crippen LogP contribution in [-0.4, -0.2) is 42.8 Å². The van der Waals surface area contributed by atoms with Gasteiger partial charge in [0.1, 0.15) is 5.82 Å². The number of aromatic nitrogens is 3. The predicted molar refractivity (Wildman–Crippen MR) is 137 cm³/mol. The van der Waals surface area contributed by atoms with Crippen LogP contribution in [0, 0.1) is 0 Å². The molecule has 0 saturated carbocycles. The molecule has 3 heterocycles. The lowest BCUT2D eigenvalue weighted by Crippen LogP contribution is -2.28. The highest BCUT2D eigenvalue weighted by atomic mass is 32.2. The summed E-state index contributed by atoms with van der Waals surface area (Å²) in [5, 5.41) is 0. The lowest BCUT2D eigenvalue weighted by Gasteiger charge is -2.23. The summed E-state index contributed by atoms with van der Waals surface area (Å²) in [7, 11) is -3.32. The van der Waals surface area contributed by atoms with Gasteiger partial charge >= 0.3 is 0 Å². The average molecular weight is 475 g/mol. The van der Waals surface area contributed by atoms with Gasteiger partial charge in [-0.2, -0.15) is 0 Å². The van der Waals surface area contributed by atoms with Crippen molar-refractivity contribution >= 4 is 26.7 Å². The van der Waals surface area contributed by atoms with Gasteiger partial charge in [0.15, 0.2) is 9.84 Å². The standard InChI is InChI=1S/C19H24N4O2S.C6H14O/c1-5-6-13-11-17-14(21-13)7-8-15(22-17)16-9-12(10-18(20)23-16)19(2,3)26(4,24)25;1-3-5-6-7-4-2/h7-11,21H,5-6H2,1-4H3,(H2,20,23);3-6H2,1-2H3. The molecule has 0 aliphatic rings. The monoisotopic (exact) mass is 474 g/mol. The van der Waals surface area contributed by atoms with E-state index in [2.05, 4.69) is 28.8 Å². The second-order valence-electron chi connectivity index (χ2n) is 8.67. The molecule has 0 aromatic carbocycles. The third-order valence-electron chi connectivity index (χ3n) is 5.63. The van der Waals surface area contributed by atoms with Gasteiger partial charge in [0.2, 0.25) is 0 Å². The molecule has 33 heavy (non-hydrogen) atoms. The number of unbranched alkanes of at least 4 members (excludes halogenated alkanes) is 1. The fourth-order valence-corrected chi connectivity index (χ4v) is 3.79. The lowest BCUT2D eigenvalue weighted by molar-refractivity contribution is 0.144. The Bertz CT molecular complexity index is 1150. The zero-order chi connectivity index (χ0) is 24.6. The van der Waals surface area contributed by atoms with Gasteiger partial charge in [-0.1, -0.05) is 26.7 Å². The van der Waals surface area contributed by atoms with Gasteiger partial charge < -0.3 is 15.5 Å². The number of anilines is 1.